The van der Waals surface area contributed by atoms with Gasteiger partial charge in [0.15, 0.2) is 6.29 Å². The number of hydrogen-bond donors (Lipinski definition) is 0. The molecule has 0 spiro atoms. The Morgan fingerprint density at radius 3 is 2.93 bits per heavy atom. The SMILES string of the molecule is C=C(CC)COc1c(Br)cccc1C=O. The Morgan fingerprint density at radius 2 is 2.33 bits per heavy atom. The van der Waals surface area contributed by atoms with Crippen molar-refractivity contribution in [2.45, 2.75) is 13.3 Å². The molecule has 1 aromatic carbocycles. The zero-order valence-electron chi connectivity index (χ0n) is 8.63. The summed E-state index contributed by atoms with van der Waals surface area (Å²) >= 11 is 3.35. The number of halogens is 1. The second-order valence-electron chi connectivity index (χ2n) is 3.17. The van der Waals surface area contributed by atoms with Crippen molar-refractivity contribution in [2.75, 3.05) is 6.61 Å². The second-order valence-corrected chi connectivity index (χ2v) is 4.02. The molecule has 0 aliphatic rings. The Balaban J connectivity index is 2.83. The van der Waals surface area contributed by atoms with Crippen LogP contribution in [0.2, 0.25) is 0 Å². The van der Waals surface area contributed by atoms with Gasteiger partial charge in [-0.25, -0.2) is 0 Å². The highest BCUT2D eigenvalue weighted by Gasteiger charge is 2.07. The molecule has 0 amide bonds. The number of carbonyl (C=O) groups excluding carboxylic acids is 1. The quantitative estimate of drug-likeness (QED) is 0.603. The molecular weight excluding hydrogens is 256 g/mol. The summed E-state index contributed by atoms with van der Waals surface area (Å²) in [6, 6.07) is 5.37. The van der Waals surface area contributed by atoms with Crippen molar-refractivity contribution in [3.63, 3.8) is 0 Å². The fraction of sp³-hybridized carbons (Fsp3) is 0.250. The van der Waals surface area contributed by atoms with E-state index in [-0.39, 0.29) is 0 Å². The van der Waals surface area contributed by atoms with E-state index in [0.717, 1.165) is 22.8 Å². The van der Waals surface area contributed by atoms with Gasteiger partial charge in [-0.15, -0.1) is 0 Å². The van der Waals surface area contributed by atoms with E-state index in [1.54, 1.807) is 12.1 Å². The molecule has 0 unspecified atom stereocenters. The number of para-hydroxylation sites is 1. The molecule has 0 radical (unpaired) electrons. The number of benzene rings is 1. The van der Waals surface area contributed by atoms with E-state index in [2.05, 4.69) is 22.5 Å². The highest BCUT2D eigenvalue weighted by atomic mass is 79.9. The number of carbonyl (C=O) groups is 1. The van der Waals surface area contributed by atoms with Crippen molar-refractivity contribution in [2.24, 2.45) is 0 Å². The van der Waals surface area contributed by atoms with E-state index in [0.29, 0.717) is 17.9 Å². The van der Waals surface area contributed by atoms with Crippen LogP contribution in [0.3, 0.4) is 0 Å². The molecule has 0 aromatic heterocycles. The van der Waals surface area contributed by atoms with Crippen LogP contribution in [0, 0.1) is 0 Å². The fourth-order valence-electron chi connectivity index (χ4n) is 1.05. The fourth-order valence-corrected chi connectivity index (χ4v) is 1.54. The van der Waals surface area contributed by atoms with Crippen LogP contribution in [0.25, 0.3) is 0 Å². The number of aldehydes is 1. The van der Waals surface area contributed by atoms with Gasteiger partial charge in [0.2, 0.25) is 0 Å². The Kier molecular flexibility index (Phi) is 4.56. The van der Waals surface area contributed by atoms with Gasteiger partial charge in [0, 0.05) is 0 Å². The second kappa shape index (κ2) is 5.71. The topological polar surface area (TPSA) is 26.3 Å². The van der Waals surface area contributed by atoms with E-state index in [1.807, 2.05) is 13.0 Å². The predicted octanol–water partition coefficient (Wildman–Crippen LogP) is 3.61. The number of rotatable bonds is 5. The lowest BCUT2D eigenvalue weighted by Crippen LogP contribution is -2.02. The standard InChI is InChI=1S/C12H13BrO2/c1-3-9(2)8-15-12-10(7-14)5-4-6-11(12)13/h4-7H,2-3,8H2,1H3. The van der Waals surface area contributed by atoms with Crippen LogP contribution in [0.15, 0.2) is 34.8 Å². The van der Waals surface area contributed by atoms with Crippen molar-refractivity contribution < 1.29 is 9.53 Å². The molecule has 3 heteroatoms. The van der Waals surface area contributed by atoms with Crippen LogP contribution < -0.4 is 4.74 Å². The maximum Gasteiger partial charge on any atom is 0.153 e. The van der Waals surface area contributed by atoms with Gasteiger partial charge in [-0.3, -0.25) is 4.79 Å². The summed E-state index contributed by atoms with van der Waals surface area (Å²) in [5, 5.41) is 0. The molecular formula is C12H13BrO2. The van der Waals surface area contributed by atoms with Crippen molar-refractivity contribution in [1.29, 1.82) is 0 Å². The maximum atomic E-state index is 10.8. The third-order valence-corrected chi connectivity index (χ3v) is 2.67. The van der Waals surface area contributed by atoms with E-state index < -0.39 is 0 Å². The molecule has 0 atom stereocenters. The third kappa shape index (κ3) is 3.20. The first kappa shape index (κ1) is 12.0. The average molecular weight is 269 g/mol. The lowest BCUT2D eigenvalue weighted by Gasteiger charge is -2.10. The number of hydrogen-bond acceptors (Lipinski definition) is 2. The highest BCUT2D eigenvalue weighted by Crippen LogP contribution is 2.28. The minimum atomic E-state index is 0.444. The first-order valence-electron chi connectivity index (χ1n) is 4.72. The minimum absolute atomic E-state index is 0.444. The lowest BCUT2D eigenvalue weighted by atomic mass is 10.2. The summed E-state index contributed by atoms with van der Waals surface area (Å²) in [6.07, 6.45) is 1.66. The summed E-state index contributed by atoms with van der Waals surface area (Å²) in [6.45, 7) is 6.31. The van der Waals surface area contributed by atoms with Gasteiger partial charge in [-0.1, -0.05) is 19.6 Å². The van der Waals surface area contributed by atoms with Gasteiger partial charge in [-0.05, 0) is 40.1 Å². The molecule has 0 aliphatic heterocycles. The Labute approximate surface area is 98.1 Å². The molecule has 0 saturated carbocycles. The van der Waals surface area contributed by atoms with Gasteiger partial charge in [0.25, 0.3) is 0 Å². The van der Waals surface area contributed by atoms with E-state index in [1.165, 1.54) is 0 Å². The molecule has 80 valence electrons. The monoisotopic (exact) mass is 268 g/mol. The Hall–Kier alpha value is -1.09. The van der Waals surface area contributed by atoms with E-state index in [9.17, 15) is 4.79 Å². The molecule has 0 saturated heterocycles. The van der Waals surface area contributed by atoms with Gasteiger partial charge in [0.05, 0.1) is 10.0 Å². The van der Waals surface area contributed by atoms with Crippen molar-refractivity contribution >= 4 is 22.2 Å². The summed E-state index contributed by atoms with van der Waals surface area (Å²) in [7, 11) is 0. The summed E-state index contributed by atoms with van der Waals surface area (Å²) in [5.74, 6) is 0.585. The molecule has 15 heavy (non-hydrogen) atoms. The van der Waals surface area contributed by atoms with E-state index in [4.69, 9.17) is 4.74 Å². The highest BCUT2D eigenvalue weighted by molar-refractivity contribution is 9.10. The van der Waals surface area contributed by atoms with Gasteiger partial charge in [-0.2, -0.15) is 0 Å². The molecule has 2 nitrogen and oxygen atoms in total. The molecule has 1 rings (SSSR count). The summed E-state index contributed by atoms with van der Waals surface area (Å²) < 4.78 is 6.32. The average Bonchev–Trinajstić information content (AvgIpc) is 2.26. The summed E-state index contributed by atoms with van der Waals surface area (Å²) in [4.78, 5) is 10.8. The van der Waals surface area contributed by atoms with Crippen LogP contribution in [0.5, 0.6) is 5.75 Å². The Bertz CT molecular complexity index is 372. The maximum absolute atomic E-state index is 10.8. The smallest absolute Gasteiger partial charge is 0.153 e. The molecule has 0 N–H and O–H groups in total. The van der Waals surface area contributed by atoms with E-state index >= 15 is 0 Å². The van der Waals surface area contributed by atoms with Gasteiger partial charge >= 0.3 is 0 Å². The third-order valence-electron chi connectivity index (χ3n) is 2.05. The number of ether oxygens (including phenoxy) is 1. The summed E-state index contributed by atoms with van der Waals surface area (Å²) in [5.41, 5.74) is 1.55. The molecule has 1 aromatic rings. The van der Waals surface area contributed by atoms with Gasteiger partial charge in [0.1, 0.15) is 12.4 Å². The van der Waals surface area contributed by atoms with Crippen LogP contribution in [0.1, 0.15) is 23.7 Å². The minimum Gasteiger partial charge on any atom is -0.487 e. The van der Waals surface area contributed by atoms with Crippen LogP contribution >= 0.6 is 15.9 Å². The van der Waals surface area contributed by atoms with Crippen molar-refractivity contribution in [3.05, 3.63) is 40.4 Å². The zero-order chi connectivity index (χ0) is 11.3. The van der Waals surface area contributed by atoms with Crippen LogP contribution in [0.4, 0.5) is 0 Å². The first-order chi connectivity index (χ1) is 7.19. The van der Waals surface area contributed by atoms with Crippen LogP contribution in [-0.4, -0.2) is 12.9 Å². The predicted molar refractivity (Wildman–Crippen MR) is 64.5 cm³/mol. The largest absolute Gasteiger partial charge is 0.487 e. The normalized spacial score (nSPS) is 9.73. The first-order valence-corrected chi connectivity index (χ1v) is 5.51. The Morgan fingerprint density at radius 1 is 1.60 bits per heavy atom. The van der Waals surface area contributed by atoms with Crippen molar-refractivity contribution in [1.82, 2.24) is 0 Å². The zero-order valence-corrected chi connectivity index (χ0v) is 10.2. The molecule has 0 fully saturated rings. The van der Waals surface area contributed by atoms with Gasteiger partial charge < -0.3 is 4.74 Å². The van der Waals surface area contributed by atoms with Crippen LogP contribution in [-0.2, 0) is 0 Å². The molecule has 0 heterocycles. The van der Waals surface area contributed by atoms with Crippen molar-refractivity contribution in [3.8, 4) is 5.75 Å². The lowest BCUT2D eigenvalue weighted by molar-refractivity contribution is 0.112. The molecule has 0 bridgehead atoms. The molecule has 0 aliphatic carbocycles.